The van der Waals surface area contributed by atoms with E-state index in [-0.39, 0.29) is 10.8 Å². The molecule has 0 bridgehead atoms. The molecule has 0 spiro atoms. The van der Waals surface area contributed by atoms with Gasteiger partial charge in [0, 0.05) is 14.2 Å². The summed E-state index contributed by atoms with van der Waals surface area (Å²) in [7, 11) is 3.25. The fourth-order valence-electron chi connectivity index (χ4n) is 3.81. The van der Waals surface area contributed by atoms with Crippen molar-refractivity contribution in [1.29, 1.82) is 0 Å². The Balaban J connectivity index is 0.000000891. The van der Waals surface area contributed by atoms with Crippen molar-refractivity contribution in [2.75, 3.05) is 14.2 Å². The predicted molar refractivity (Wildman–Crippen MR) is 103 cm³/mol. The van der Waals surface area contributed by atoms with Gasteiger partial charge in [0.2, 0.25) is 0 Å². The van der Waals surface area contributed by atoms with Crippen LogP contribution in [0.25, 0.3) is 0 Å². The molecule has 134 valence electrons. The molecule has 0 fully saturated rings. The molecule has 2 aliphatic carbocycles. The van der Waals surface area contributed by atoms with E-state index in [9.17, 15) is 0 Å². The van der Waals surface area contributed by atoms with Crippen molar-refractivity contribution in [3.8, 4) is 0 Å². The summed E-state index contributed by atoms with van der Waals surface area (Å²) >= 11 is -0.730. The Hall–Kier alpha value is -0.197. The molecule has 0 radical (unpaired) electrons. The van der Waals surface area contributed by atoms with Gasteiger partial charge in [-0.15, -0.1) is 0 Å². The molecule has 2 aliphatic rings. The van der Waals surface area contributed by atoms with E-state index in [1.54, 1.807) is 54.2 Å². The van der Waals surface area contributed by atoms with Gasteiger partial charge in [-0.1, -0.05) is 0 Å². The maximum absolute atomic E-state index is 4.25. The monoisotopic (exact) mass is 406 g/mol. The van der Waals surface area contributed by atoms with E-state index in [0.717, 1.165) is 0 Å². The molecule has 24 heavy (non-hydrogen) atoms. The summed E-state index contributed by atoms with van der Waals surface area (Å²) in [6, 6.07) is 0. The van der Waals surface area contributed by atoms with Crippen LogP contribution in [0.3, 0.4) is 0 Å². The molecule has 0 aromatic heterocycles. The molecule has 0 aliphatic heterocycles. The van der Waals surface area contributed by atoms with Gasteiger partial charge in [0.25, 0.3) is 0 Å². The molecule has 0 saturated heterocycles. The molecule has 0 atom stereocenters. The maximum atomic E-state index is 4.25. The Morgan fingerprint density at radius 2 is 0.833 bits per heavy atom. The summed E-state index contributed by atoms with van der Waals surface area (Å²) in [6.45, 7) is 23.7. The molecule has 0 saturated carbocycles. The van der Waals surface area contributed by atoms with E-state index in [1.165, 1.54) is 0 Å². The van der Waals surface area contributed by atoms with Crippen molar-refractivity contribution in [1.82, 2.24) is 0 Å². The van der Waals surface area contributed by atoms with Crippen LogP contribution in [0, 0.1) is 10.8 Å². The Kier molecular flexibility index (Phi) is 6.90. The Morgan fingerprint density at radius 1 is 0.583 bits per heavy atom. The summed E-state index contributed by atoms with van der Waals surface area (Å²) in [5.41, 5.74) is 10.0. The van der Waals surface area contributed by atoms with Crippen LogP contribution in [-0.2, 0) is 28.0 Å². The summed E-state index contributed by atoms with van der Waals surface area (Å²) < 4.78 is 7.84. The van der Waals surface area contributed by atoms with Gasteiger partial charge >= 0.3 is 143 Å². The zero-order valence-corrected chi connectivity index (χ0v) is 20.4. The zero-order valence-electron chi connectivity index (χ0n) is 17.9. The van der Waals surface area contributed by atoms with Crippen LogP contribution >= 0.6 is 0 Å². The van der Waals surface area contributed by atoms with E-state index < -0.39 is 23.2 Å². The first-order valence-corrected chi connectivity index (χ1v) is 11.3. The number of rotatable bonds is 2. The smallest absolute Gasteiger partial charge is 0.0351 e. The summed E-state index contributed by atoms with van der Waals surface area (Å²) in [5, 5.41) is 0. The van der Waals surface area contributed by atoms with Gasteiger partial charge in [-0.25, -0.2) is 0 Å². The molecule has 0 N–H and O–H groups in total. The molecule has 0 unspecified atom stereocenters. The van der Waals surface area contributed by atoms with Gasteiger partial charge < -0.3 is 4.74 Å². The molecule has 2 rings (SSSR count). The summed E-state index contributed by atoms with van der Waals surface area (Å²) in [5.74, 6) is 0. The van der Waals surface area contributed by atoms with Crippen molar-refractivity contribution >= 4 is 0 Å². The quantitative estimate of drug-likeness (QED) is 0.499. The minimum absolute atomic E-state index is 0.286. The van der Waals surface area contributed by atoms with Crippen molar-refractivity contribution < 1.29 is 28.0 Å². The van der Waals surface area contributed by atoms with Crippen LogP contribution < -0.4 is 0 Å². The van der Waals surface area contributed by atoms with Crippen LogP contribution in [0.15, 0.2) is 40.0 Å². The normalized spacial score (nSPS) is 22.3. The summed E-state index contributed by atoms with van der Waals surface area (Å²) in [4.78, 5) is 0. The number of hydrogen-bond acceptors (Lipinski definition) is 1. The van der Waals surface area contributed by atoms with Gasteiger partial charge in [-0.3, -0.25) is 0 Å². The van der Waals surface area contributed by atoms with Crippen LogP contribution in [0.2, 0.25) is 0 Å². The second-order valence-corrected chi connectivity index (χ2v) is 11.4. The van der Waals surface area contributed by atoms with E-state index in [0.29, 0.717) is 0 Å². The Morgan fingerprint density at radius 3 is 1.00 bits per heavy atom. The van der Waals surface area contributed by atoms with Crippen molar-refractivity contribution in [2.24, 2.45) is 10.8 Å². The number of hydrogen-bond donors (Lipinski definition) is 0. The third kappa shape index (κ3) is 3.52. The first-order chi connectivity index (χ1) is 10.8. The van der Waals surface area contributed by atoms with Gasteiger partial charge in [-0.2, -0.15) is 0 Å². The van der Waals surface area contributed by atoms with E-state index in [4.69, 9.17) is 0 Å². The maximum Gasteiger partial charge on any atom is 0.0351 e. The SMILES string of the molecule is CC1=C(C)C(C)(C)[C]([Zr][C]2=C(C)C(C)=C(C)C2(C)C)=C1C.COC. The third-order valence-corrected chi connectivity index (χ3v) is 12.5. The van der Waals surface area contributed by atoms with E-state index >= 15 is 0 Å². The van der Waals surface area contributed by atoms with Crippen molar-refractivity contribution in [2.45, 2.75) is 69.2 Å². The second-order valence-electron chi connectivity index (χ2n) is 8.28. The largest absolute Gasteiger partial charge is 0.388 e. The number of allylic oxidation sites excluding steroid dienone is 8. The number of methoxy groups -OCH3 is 1. The Labute approximate surface area is 161 Å². The average Bonchev–Trinajstić information content (AvgIpc) is 2.73. The van der Waals surface area contributed by atoms with E-state index in [1.807, 2.05) is 0 Å². The molecule has 0 aromatic rings. The van der Waals surface area contributed by atoms with E-state index in [2.05, 4.69) is 74.0 Å². The van der Waals surface area contributed by atoms with Gasteiger partial charge in [-0.05, 0) is 0 Å². The molecule has 0 heterocycles. The molecular formula is C22H36OZr. The topological polar surface area (TPSA) is 9.23 Å². The standard InChI is InChI=1S/2C10H15.C2H6O.Zr/c2*1-7-6-10(4,5)9(3)8(7)2;1-3-2;/h2*1-5H3;1-2H3;. The van der Waals surface area contributed by atoms with Gasteiger partial charge in [0.05, 0.1) is 0 Å². The molecule has 1 nitrogen and oxygen atoms in total. The molecule has 0 amide bonds. The minimum Gasteiger partial charge on any atom is -0.388 e. The average molecular weight is 408 g/mol. The zero-order chi connectivity index (χ0) is 19.0. The number of ether oxygens (including phenoxy) is 1. The Bertz CT molecular complexity index is 595. The van der Waals surface area contributed by atoms with Crippen LogP contribution in [-0.4, -0.2) is 14.2 Å². The first kappa shape index (κ1) is 21.8. The third-order valence-electron chi connectivity index (χ3n) is 6.38. The van der Waals surface area contributed by atoms with Crippen LogP contribution in [0.4, 0.5) is 0 Å². The molecule has 0 aromatic carbocycles. The van der Waals surface area contributed by atoms with Crippen molar-refractivity contribution in [3.05, 3.63) is 40.0 Å². The predicted octanol–water partition coefficient (Wildman–Crippen LogP) is 6.63. The first-order valence-electron chi connectivity index (χ1n) is 8.82. The second kappa shape index (κ2) is 7.59. The van der Waals surface area contributed by atoms with Gasteiger partial charge in [0.15, 0.2) is 0 Å². The molecular weight excluding hydrogens is 371 g/mol. The van der Waals surface area contributed by atoms with Crippen molar-refractivity contribution in [3.63, 3.8) is 0 Å². The minimum atomic E-state index is -0.730. The van der Waals surface area contributed by atoms with Crippen LogP contribution in [0.1, 0.15) is 69.2 Å². The fraction of sp³-hybridized carbons (Fsp3) is 0.636. The van der Waals surface area contributed by atoms with Crippen LogP contribution in [0.5, 0.6) is 0 Å². The van der Waals surface area contributed by atoms with Gasteiger partial charge in [0.1, 0.15) is 0 Å². The summed E-state index contributed by atoms with van der Waals surface area (Å²) in [6.07, 6.45) is 0. The molecule has 2 heteroatoms. The fourth-order valence-corrected chi connectivity index (χ4v) is 8.73.